The predicted molar refractivity (Wildman–Crippen MR) is 135 cm³/mol. The molecule has 1 aromatic carbocycles. The Hall–Kier alpha value is -3.35. The van der Waals surface area contributed by atoms with E-state index >= 15 is 0 Å². The van der Waals surface area contributed by atoms with E-state index in [1.165, 1.54) is 0 Å². The Morgan fingerprint density at radius 3 is 2.45 bits per heavy atom. The average Bonchev–Trinajstić information content (AvgIpc) is 3.55. The second-order valence-electron chi connectivity index (χ2n) is 10.2. The maximum Gasteiger partial charge on any atom is 0.254 e. The number of fused-ring (bicyclic) bond motifs is 6. The Balaban J connectivity index is 1.57. The number of carbonyl (C=O) groups excluding carboxylic acids is 1. The molecule has 0 radical (unpaired) electrons. The van der Waals surface area contributed by atoms with Gasteiger partial charge in [-0.05, 0) is 30.5 Å². The third kappa shape index (κ3) is 3.43. The summed E-state index contributed by atoms with van der Waals surface area (Å²) in [5, 5.41) is 44.6. The second kappa shape index (κ2) is 8.85. The molecule has 2 aromatic heterocycles. The van der Waals surface area contributed by atoms with Crippen molar-refractivity contribution in [3.63, 3.8) is 0 Å². The molecule has 3 aromatic rings. The molecule has 0 unspecified atom stereocenters. The minimum absolute atomic E-state index is 0.0790. The predicted octanol–water partition coefficient (Wildman–Crippen LogP) is 0.0721. The lowest BCUT2D eigenvalue weighted by Gasteiger charge is -2.32. The monoisotopic (exact) mass is 523 g/mol. The minimum atomic E-state index is -1.72. The summed E-state index contributed by atoms with van der Waals surface area (Å²) < 4.78 is 12.7. The van der Waals surface area contributed by atoms with Crippen LogP contribution >= 0.6 is 0 Å². The summed E-state index contributed by atoms with van der Waals surface area (Å²) in [4.78, 5) is 31.3. The highest BCUT2D eigenvalue weighted by molar-refractivity contribution is 5.93. The number of aromatic nitrogens is 2. The molecular formula is C27H29N3O8. The molecule has 2 aliphatic heterocycles. The van der Waals surface area contributed by atoms with Gasteiger partial charge in [0.15, 0.2) is 17.3 Å². The number of benzene rings is 1. The number of Topliss-reactive ketones (excluding diaryl/α,β-unsaturated/α-hetero) is 1. The van der Waals surface area contributed by atoms with Crippen LogP contribution in [0.5, 0.6) is 11.5 Å². The van der Waals surface area contributed by atoms with Crippen molar-refractivity contribution < 1.29 is 34.7 Å². The fourth-order valence-electron chi connectivity index (χ4n) is 5.73. The van der Waals surface area contributed by atoms with Crippen LogP contribution in [0, 0.1) is 0 Å². The molecule has 11 nitrogen and oxygen atoms in total. The Morgan fingerprint density at radius 1 is 1.05 bits per heavy atom. The van der Waals surface area contributed by atoms with Crippen LogP contribution in [0.3, 0.4) is 0 Å². The van der Waals surface area contributed by atoms with Gasteiger partial charge < -0.3 is 39.8 Å². The van der Waals surface area contributed by atoms with Crippen molar-refractivity contribution in [1.29, 1.82) is 0 Å². The molecule has 3 aliphatic rings. The molecule has 1 aliphatic carbocycles. The third-order valence-electron chi connectivity index (χ3n) is 8.23. The quantitative estimate of drug-likeness (QED) is 0.224. The van der Waals surface area contributed by atoms with Gasteiger partial charge in [0.25, 0.3) is 5.56 Å². The van der Waals surface area contributed by atoms with E-state index in [0.29, 0.717) is 39.5 Å². The van der Waals surface area contributed by atoms with E-state index in [1.54, 1.807) is 23.6 Å². The normalized spacial score (nSPS) is 19.6. The van der Waals surface area contributed by atoms with Crippen molar-refractivity contribution in [1.82, 2.24) is 14.9 Å². The molecule has 0 amide bonds. The van der Waals surface area contributed by atoms with Gasteiger partial charge in [0.1, 0.15) is 5.60 Å². The van der Waals surface area contributed by atoms with Crippen molar-refractivity contribution in [3.05, 3.63) is 50.8 Å². The first-order valence-electron chi connectivity index (χ1n) is 12.6. The summed E-state index contributed by atoms with van der Waals surface area (Å²) in [5.74, 6) is 0.784. The summed E-state index contributed by atoms with van der Waals surface area (Å²) in [6.07, 6.45) is 0.528. The maximum atomic E-state index is 13.7. The van der Waals surface area contributed by atoms with E-state index in [9.17, 15) is 30.0 Å². The van der Waals surface area contributed by atoms with Gasteiger partial charge in [-0.15, -0.1) is 0 Å². The van der Waals surface area contributed by atoms with Crippen LogP contribution in [-0.4, -0.2) is 67.9 Å². The first kappa shape index (κ1) is 25.0. The number of ether oxygens (including phenoxy) is 2. The number of hydrogen-bond donors (Lipinski definition) is 5. The lowest BCUT2D eigenvalue weighted by atomic mass is 9.77. The zero-order valence-corrected chi connectivity index (χ0v) is 20.9. The number of nitrogens with one attached hydrogen (secondary N) is 1. The Morgan fingerprint density at radius 2 is 1.76 bits per heavy atom. The number of hydrogen-bond acceptors (Lipinski definition) is 10. The molecule has 200 valence electrons. The smallest absolute Gasteiger partial charge is 0.254 e. The summed E-state index contributed by atoms with van der Waals surface area (Å²) >= 11 is 0. The van der Waals surface area contributed by atoms with Gasteiger partial charge in [-0.2, -0.15) is 0 Å². The largest absolute Gasteiger partial charge is 0.454 e. The second-order valence-corrected chi connectivity index (χ2v) is 10.2. The molecule has 5 N–H and O–H groups in total. The van der Waals surface area contributed by atoms with Gasteiger partial charge >= 0.3 is 0 Å². The molecule has 0 fully saturated rings. The lowest BCUT2D eigenvalue weighted by molar-refractivity contribution is -0.140. The van der Waals surface area contributed by atoms with Crippen LogP contribution in [-0.2, 0) is 29.9 Å². The van der Waals surface area contributed by atoms with Crippen LogP contribution in [0.25, 0.3) is 22.3 Å². The average molecular weight is 524 g/mol. The fourth-order valence-corrected chi connectivity index (χ4v) is 5.73. The van der Waals surface area contributed by atoms with Gasteiger partial charge in [-0.1, -0.05) is 6.92 Å². The van der Waals surface area contributed by atoms with Gasteiger partial charge in [-0.25, -0.2) is 4.98 Å². The van der Waals surface area contributed by atoms with Gasteiger partial charge in [-0.3, -0.25) is 9.59 Å². The molecule has 6 rings (SSSR count). The van der Waals surface area contributed by atoms with E-state index in [4.69, 9.17) is 14.5 Å². The third-order valence-corrected chi connectivity index (χ3v) is 8.23. The first-order valence-corrected chi connectivity index (χ1v) is 12.6. The zero-order valence-electron chi connectivity index (χ0n) is 20.9. The number of aliphatic hydroxyl groups excluding tert-OH is 3. The molecule has 0 spiro atoms. The lowest BCUT2D eigenvalue weighted by Crippen LogP contribution is -2.54. The molecule has 11 heteroatoms. The van der Waals surface area contributed by atoms with Crippen LogP contribution < -0.4 is 20.3 Å². The fraction of sp³-hybridized carbons (Fsp3) is 0.444. The van der Waals surface area contributed by atoms with Crippen molar-refractivity contribution in [2.24, 2.45) is 0 Å². The summed E-state index contributed by atoms with van der Waals surface area (Å²) in [5.41, 5.74) is 0.594. The first-order chi connectivity index (χ1) is 18.3. The minimum Gasteiger partial charge on any atom is -0.454 e. The molecule has 4 heterocycles. The topological polar surface area (TPSA) is 163 Å². The number of pyridine rings is 2. The molecular weight excluding hydrogens is 494 g/mol. The van der Waals surface area contributed by atoms with Crippen molar-refractivity contribution in [2.75, 3.05) is 26.6 Å². The van der Waals surface area contributed by atoms with E-state index < -0.39 is 31.0 Å². The van der Waals surface area contributed by atoms with Crippen molar-refractivity contribution in [3.8, 4) is 22.9 Å². The Labute approximate surface area is 217 Å². The van der Waals surface area contributed by atoms with Crippen molar-refractivity contribution in [2.45, 2.75) is 50.4 Å². The Bertz CT molecular complexity index is 1540. The van der Waals surface area contributed by atoms with E-state index in [1.807, 2.05) is 6.07 Å². The number of aliphatic hydroxyl groups is 4. The molecule has 1 atom stereocenters. The van der Waals surface area contributed by atoms with Gasteiger partial charge in [0.05, 0.1) is 48.8 Å². The van der Waals surface area contributed by atoms with Crippen LogP contribution in [0.4, 0.5) is 0 Å². The summed E-state index contributed by atoms with van der Waals surface area (Å²) in [6.45, 7) is 0.681. The van der Waals surface area contributed by atoms with Crippen LogP contribution in [0.1, 0.15) is 42.0 Å². The van der Waals surface area contributed by atoms with Crippen LogP contribution in [0.2, 0.25) is 0 Å². The Kier molecular flexibility index (Phi) is 5.82. The molecule has 38 heavy (non-hydrogen) atoms. The van der Waals surface area contributed by atoms with Crippen LogP contribution in [0.15, 0.2) is 23.0 Å². The van der Waals surface area contributed by atoms with Gasteiger partial charge in [0, 0.05) is 41.1 Å². The number of ketones is 1. The number of rotatable bonds is 7. The highest BCUT2D eigenvalue weighted by atomic mass is 16.7. The SMILES string of the molecule is CC[C@@]1(O)C(=O)CCc2c1cc1n(c2=O)Cc2c-1nc1cc3c(cc1c2CNC(CO)(CO)CO)OCO3. The van der Waals surface area contributed by atoms with Crippen molar-refractivity contribution >= 4 is 16.7 Å². The summed E-state index contributed by atoms with van der Waals surface area (Å²) in [6, 6.07) is 5.28. The highest BCUT2D eigenvalue weighted by Gasteiger charge is 2.43. The molecule has 0 saturated carbocycles. The van der Waals surface area contributed by atoms with E-state index in [-0.39, 0.29) is 50.5 Å². The van der Waals surface area contributed by atoms with E-state index in [2.05, 4.69) is 5.32 Å². The number of carbonyl (C=O) groups is 1. The van der Waals surface area contributed by atoms with E-state index in [0.717, 1.165) is 16.5 Å². The molecule has 0 saturated heterocycles. The zero-order chi connectivity index (χ0) is 26.8. The number of nitrogens with zero attached hydrogens (tertiary/aromatic N) is 2. The van der Waals surface area contributed by atoms with Gasteiger partial charge in [0.2, 0.25) is 6.79 Å². The highest BCUT2D eigenvalue weighted by Crippen LogP contribution is 2.43. The maximum absolute atomic E-state index is 13.7. The molecule has 0 bridgehead atoms. The summed E-state index contributed by atoms with van der Waals surface area (Å²) in [7, 11) is 0. The standard InChI is InChI=1S/C27H29N3O8/c1-2-27(36)18-6-20-24-17(9-30(20)25(35)14(18)3-4-23(27)34)16(8-28-26(10-31,11-32)12-33)15-5-21-22(38-13-37-21)7-19(15)29-24/h5-7,28,31-33,36H,2-4,8-13H2,1H3/t27-/m0/s1.